The van der Waals surface area contributed by atoms with Crippen molar-refractivity contribution in [3.63, 3.8) is 0 Å². The number of hydrogen-bond donors (Lipinski definition) is 0. The average Bonchev–Trinajstić information content (AvgIpc) is 1.59. The zero-order chi connectivity index (χ0) is 97.6. The number of fused-ring (bicyclic) bond motifs is 20. The number of para-hydroxylation sites is 4. The number of anilines is 6. The van der Waals surface area contributed by atoms with Gasteiger partial charge in [0.25, 0.3) is 0 Å². The monoisotopic (exact) mass is 1890 g/mol. The second-order valence-corrected chi connectivity index (χ2v) is 38.3. The second-order valence-electron chi connectivity index (χ2n) is 38.3. The molecule has 0 spiro atoms. The number of furan rings is 4. The second kappa shape index (κ2) is 36.4. The summed E-state index contributed by atoms with van der Waals surface area (Å²) in [5.41, 5.74) is 38.0. The first kappa shape index (κ1) is 86.2. The number of benzene rings is 25. The van der Waals surface area contributed by atoms with E-state index in [1.807, 2.05) is 0 Å². The first-order chi connectivity index (χ1) is 73.4. The van der Waals surface area contributed by atoms with Crippen LogP contribution in [0.5, 0.6) is 0 Å². The zero-order valence-corrected chi connectivity index (χ0v) is 80.5. The van der Waals surface area contributed by atoms with Crippen LogP contribution in [0.2, 0.25) is 0 Å². The lowest BCUT2D eigenvalue weighted by Gasteiger charge is -2.26. The fourth-order valence-corrected chi connectivity index (χ4v) is 22.6. The fraction of sp³-hybridized carbons (Fsp3) is 0. The predicted octanol–water partition coefficient (Wildman–Crippen LogP) is 40.9. The van der Waals surface area contributed by atoms with Crippen LogP contribution in [0, 0.1) is 0 Å². The molecule has 692 valence electrons. The summed E-state index contributed by atoms with van der Waals surface area (Å²) in [6.07, 6.45) is 0. The Bertz CT molecular complexity index is 9650. The Hall–Kier alpha value is -19.7. The van der Waals surface area contributed by atoms with Gasteiger partial charge in [-0.25, -0.2) is 0 Å². The van der Waals surface area contributed by atoms with E-state index in [4.69, 9.17) is 17.7 Å². The van der Waals surface area contributed by atoms with Crippen LogP contribution in [-0.4, -0.2) is 0 Å². The van der Waals surface area contributed by atoms with E-state index in [0.29, 0.717) is 0 Å². The Kier molecular flexibility index (Phi) is 21.2. The third-order valence-corrected chi connectivity index (χ3v) is 29.7. The van der Waals surface area contributed by atoms with Crippen LogP contribution in [0.1, 0.15) is 0 Å². The maximum Gasteiger partial charge on any atom is 0.143 e. The van der Waals surface area contributed by atoms with E-state index in [9.17, 15) is 0 Å². The average molecular weight is 1890 g/mol. The van der Waals surface area contributed by atoms with E-state index in [0.717, 1.165) is 216 Å². The van der Waals surface area contributed by atoms with Crippen LogP contribution in [0.3, 0.4) is 0 Å². The molecular weight excluding hydrogens is 1800 g/mol. The minimum atomic E-state index is 0.882. The molecule has 29 rings (SSSR count). The summed E-state index contributed by atoms with van der Waals surface area (Å²) in [4.78, 5) is 4.68. The summed E-state index contributed by atoms with van der Waals surface area (Å²) in [6.45, 7) is 0. The highest BCUT2D eigenvalue weighted by Crippen LogP contribution is 2.52. The van der Waals surface area contributed by atoms with Gasteiger partial charge in [0.2, 0.25) is 0 Å². The normalized spacial score (nSPS) is 11.6. The molecule has 25 aromatic carbocycles. The predicted molar refractivity (Wildman–Crippen MR) is 621 cm³/mol. The van der Waals surface area contributed by atoms with Crippen LogP contribution >= 0.6 is 0 Å². The van der Waals surface area contributed by atoms with Gasteiger partial charge in [0.1, 0.15) is 44.7 Å². The highest BCUT2D eigenvalue weighted by Gasteiger charge is 2.28. The van der Waals surface area contributed by atoms with Crippen LogP contribution in [-0.2, 0) is 0 Å². The Morgan fingerprint density at radius 3 is 0.473 bits per heavy atom. The molecule has 0 aliphatic heterocycles. The van der Waals surface area contributed by atoms with Crippen LogP contribution in [0.4, 0.5) is 34.1 Å². The molecule has 4 heterocycles. The van der Waals surface area contributed by atoms with Crippen molar-refractivity contribution in [1.29, 1.82) is 0 Å². The zero-order valence-electron chi connectivity index (χ0n) is 80.5. The van der Waals surface area contributed by atoms with Crippen molar-refractivity contribution in [3.05, 3.63) is 546 Å². The molecule has 6 heteroatoms. The topological polar surface area (TPSA) is 59.0 Å². The molecule has 0 unspecified atom stereocenters. The summed E-state index contributed by atoms with van der Waals surface area (Å²) in [5.74, 6) is 0. The molecule has 0 N–H and O–H groups in total. The van der Waals surface area contributed by atoms with E-state index < -0.39 is 0 Å². The van der Waals surface area contributed by atoms with Gasteiger partial charge in [0.15, 0.2) is 0 Å². The van der Waals surface area contributed by atoms with Gasteiger partial charge >= 0.3 is 0 Å². The lowest BCUT2D eigenvalue weighted by molar-refractivity contribution is 0.671. The van der Waals surface area contributed by atoms with Crippen LogP contribution in [0.25, 0.3) is 253 Å². The van der Waals surface area contributed by atoms with Crippen molar-refractivity contribution in [2.24, 2.45) is 0 Å². The Morgan fingerprint density at radius 1 is 0.108 bits per heavy atom. The molecule has 0 aliphatic carbocycles. The summed E-state index contributed by atoms with van der Waals surface area (Å²) in [7, 11) is 0. The highest BCUT2D eigenvalue weighted by atomic mass is 16.3. The Balaban J connectivity index is 0.000000143. The molecule has 0 saturated carbocycles. The smallest absolute Gasteiger partial charge is 0.143 e. The molecule has 0 fully saturated rings. The minimum Gasteiger partial charge on any atom is -0.455 e. The van der Waals surface area contributed by atoms with E-state index >= 15 is 0 Å². The van der Waals surface area contributed by atoms with Crippen molar-refractivity contribution in [2.45, 2.75) is 0 Å². The van der Waals surface area contributed by atoms with E-state index in [1.165, 1.54) is 70.9 Å². The quantitative estimate of drug-likeness (QED) is 0.0905. The standard InChI is InChI=1S/C74H47NO2.C68H43NO2/c1-4-16-48(17-5-1)49-30-32-50(33-31-49)51-34-40-58(41-35-51)75(59-42-36-54(37-43-59)63-26-14-28-65-69-61-24-12-10-22-56(61)46-67(73(69)76-71(63)65)52-18-6-2-7-19-52)60-44-38-55(39-45-60)64-27-15-29-66-70-62-25-13-11-23-57(62)47-68(74(70)77-72(64)66)53-20-8-3-9-21-53;1-4-16-44(17-5-1)45-30-36-52(37-31-45)69(53-38-32-48(33-39-53)57-26-14-28-59-63-55-24-12-10-22-50(55)42-61(67(63)70-65(57)59)46-18-6-2-7-19-46)54-40-34-49(35-41-54)58-27-15-29-60-64-56-25-13-11-23-51(56)43-62(68(64)71-66(58)60)47-20-8-3-9-21-47/h1-47H;1-43H. The largest absolute Gasteiger partial charge is 0.455 e. The first-order valence-electron chi connectivity index (χ1n) is 50.5. The molecule has 29 aromatic rings. The van der Waals surface area contributed by atoms with Gasteiger partial charge in [0, 0.05) is 122 Å². The minimum absolute atomic E-state index is 0.882. The van der Waals surface area contributed by atoms with Gasteiger partial charge in [-0.3, -0.25) is 0 Å². The van der Waals surface area contributed by atoms with Crippen molar-refractivity contribution >= 4 is 165 Å². The summed E-state index contributed by atoms with van der Waals surface area (Å²) < 4.78 is 28.1. The van der Waals surface area contributed by atoms with Gasteiger partial charge in [-0.2, -0.15) is 0 Å². The van der Waals surface area contributed by atoms with Gasteiger partial charge in [0.05, 0.1) is 0 Å². The maximum atomic E-state index is 7.04. The Morgan fingerprint density at radius 2 is 0.264 bits per heavy atom. The van der Waals surface area contributed by atoms with E-state index in [-0.39, 0.29) is 0 Å². The molecule has 6 nitrogen and oxygen atoms in total. The maximum absolute atomic E-state index is 7.04. The van der Waals surface area contributed by atoms with Crippen molar-refractivity contribution in [3.8, 4) is 122 Å². The van der Waals surface area contributed by atoms with Crippen molar-refractivity contribution in [2.75, 3.05) is 9.80 Å². The van der Waals surface area contributed by atoms with Gasteiger partial charge in [-0.15, -0.1) is 0 Å². The molecule has 0 radical (unpaired) electrons. The third-order valence-electron chi connectivity index (χ3n) is 29.7. The molecular formula is C142H90N2O4. The van der Waals surface area contributed by atoms with Gasteiger partial charge in [-0.05, 0) is 218 Å². The lowest BCUT2D eigenvalue weighted by atomic mass is 9.95. The number of rotatable bonds is 17. The summed E-state index contributed by atoms with van der Waals surface area (Å²) in [6, 6.07) is 195. The molecule has 0 saturated heterocycles. The third kappa shape index (κ3) is 15.1. The molecule has 4 aromatic heterocycles. The molecule has 0 aliphatic rings. The first-order valence-corrected chi connectivity index (χ1v) is 50.5. The molecule has 148 heavy (non-hydrogen) atoms. The molecule has 0 bridgehead atoms. The van der Waals surface area contributed by atoms with Crippen molar-refractivity contribution < 1.29 is 17.7 Å². The number of hydrogen-bond acceptors (Lipinski definition) is 6. The molecule has 0 amide bonds. The summed E-state index contributed by atoms with van der Waals surface area (Å²) >= 11 is 0. The van der Waals surface area contributed by atoms with Gasteiger partial charge < -0.3 is 27.5 Å². The van der Waals surface area contributed by atoms with Gasteiger partial charge in [-0.1, -0.05) is 449 Å². The SMILES string of the molecule is c1ccc(-c2ccc(-c3ccc(N(c4ccc(-c5cccc6c5oc5c(-c7ccccc7)cc7ccccc7c56)cc4)c4ccc(-c5cccc6c5oc5c(-c7ccccc7)cc7ccccc7c56)cc4)cc3)cc2)cc1.c1ccc(-c2ccc(N(c3ccc(-c4cccc5c4oc4c(-c6ccccc6)cc6ccccc6c45)cc3)c3ccc(-c4cccc5c4oc4c(-c6ccccc6)cc6ccccc6c45)cc3)cc2)cc1. The number of nitrogens with zero attached hydrogens (tertiary/aromatic N) is 2. The van der Waals surface area contributed by atoms with Crippen LogP contribution in [0.15, 0.2) is 564 Å². The summed E-state index contributed by atoms with van der Waals surface area (Å²) in [5, 5.41) is 18.5. The molecule has 0 atom stereocenters. The highest BCUT2D eigenvalue weighted by molar-refractivity contribution is 6.28. The lowest BCUT2D eigenvalue weighted by Crippen LogP contribution is -2.09. The van der Waals surface area contributed by atoms with Crippen LogP contribution < -0.4 is 9.80 Å². The van der Waals surface area contributed by atoms with Crippen molar-refractivity contribution in [1.82, 2.24) is 0 Å². The van der Waals surface area contributed by atoms with E-state index in [1.54, 1.807) is 0 Å². The fourth-order valence-electron chi connectivity index (χ4n) is 22.6. The Labute approximate surface area is 854 Å². The van der Waals surface area contributed by atoms with E-state index in [2.05, 4.69) is 556 Å².